The lowest BCUT2D eigenvalue weighted by Gasteiger charge is -2.36. The van der Waals surface area contributed by atoms with Crippen molar-refractivity contribution in [2.45, 2.75) is 12.5 Å². The molecule has 0 spiro atoms. The quantitative estimate of drug-likeness (QED) is 0.400. The van der Waals surface area contributed by atoms with Gasteiger partial charge >= 0.3 is 0 Å². The smallest absolute Gasteiger partial charge is 0.252 e. The minimum Gasteiger partial charge on any atom is -0.360 e. The summed E-state index contributed by atoms with van der Waals surface area (Å²) in [5.74, 6) is -0.401. The second-order valence-corrected chi connectivity index (χ2v) is 9.36. The number of nitrogens with one attached hydrogen (secondary N) is 2. The second kappa shape index (κ2) is 10.9. The Morgan fingerprint density at radius 2 is 1.78 bits per heavy atom. The van der Waals surface area contributed by atoms with Gasteiger partial charge in [0.25, 0.3) is 5.91 Å². The predicted molar refractivity (Wildman–Crippen MR) is 141 cm³/mol. The van der Waals surface area contributed by atoms with Crippen LogP contribution in [0.5, 0.6) is 0 Å². The molecule has 3 heterocycles. The molecule has 0 saturated carbocycles. The minimum atomic E-state index is -0.762. The SMILES string of the molecule is O=C(N[C@@H](C(=O)N1CCN(CCc2ccccn2)CC1)c1ccccc1)c1ccc2c(Cl)c[nH]c2c1. The minimum absolute atomic E-state index is 0.0945. The number of piperazine rings is 1. The standard InChI is InChI=1S/C28H28ClN5O2/c29-24-19-31-25-18-21(9-10-23(24)25)27(35)32-26(20-6-2-1-3-7-20)28(36)34-16-14-33(15-17-34)13-11-22-8-4-5-12-30-22/h1-10,12,18-19,26,31H,11,13-17H2,(H,32,35)/t26-/m1/s1. The lowest BCUT2D eigenvalue weighted by Crippen LogP contribution is -2.52. The fourth-order valence-electron chi connectivity index (χ4n) is 4.57. The van der Waals surface area contributed by atoms with Crippen molar-refractivity contribution in [3.05, 3.63) is 101 Å². The van der Waals surface area contributed by atoms with E-state index in [0.29, 0.717) is 23.7 Å². The molecule has 4 aromatic rings. The van der Waals surface area contributed by atoms with Gasteiger partial charge in [-0.15, -0.1) is 0 Å². The third-order valence-electron chi connectivity index (χ3n) is 6.64. The van der Waals surface area contributed by atoms with Gasteiger partial charge in [0, 0.05) is 73.7 Å². The molecular weight excluding hydrogens is 474 g/mol. The zero-order valence-electron chi connectivity index (χ0n) is 19.9. The van der Waals surface area contributed by atoms with E-state index in [2.05, 4.69) is 20.2 Å². The number of aromatic nitrogens is 2. The Labute approximate surface area is 215 Å². The van der Waals surface area contributed by atoms with Crippen LogP contribution in [-0.2, 0) is 11.2 Å². The van der Waals surface area contributed by atoms with E-state index in [0.717, 1.165) is 48.2 Å². The summed E-state index contributed by atoms with van der Waals surface area (Å²) in [6.45, 7) is 3.72. The Kier molecular flexibility index (Phi) is 7.30. The molecule has 36 heavy (non-hydrogen) atoms. The van der Waals surface area contributed by atoms with Crippen LogP contribution in [-0.4, -0.2) is 64.3 Å². The van der Waals surface area contributed by atoms with Gasteiger partial charge in [-0.05, 0) is 29.8 Å². The first-order valence-corrected chi connectivity index (χ1v) is 12.5. The number of nitrogens with zero attached hydrogens (tertiary/aromatic N) is 3. The highest BCUT2D eigenvalue weighted by atomic mass is 35.5. The molecule has 1 aliphatic heterocycles. The number of hydrogen-bond donors (Lipinski definition) is 2. The summed E-state index contributed by atoms with van der Waals surface area (Å²) in [6.07, 6.45) is 4.39. The monoisotopic (exact) mass is 501 g/mol. The number of H-pyrrole nitrogens is 1. The maximum atomic E-state index is 13.6. The number of rotatable bonds is 7. The van der Waals surface area contributed by atoms with Gasteiger partial charge in [0.2, 0.25) is 5.91 Å². The maximum absolute atomic E-state index is 13.6. The van der Waals surface area contributed by atoms with Gasteiger partial charge in [0.1, 0.15) is 6.04 Å². The maximum Gasteiger partial charge on any atom is 0.252 e. The topological polar surface area (TPSA) is 81.3 Å². The molecule has 0 radical (unpaired) electrons. The van der Waals surface area contributed by atoms with Crippen LogP contribution in [0.25, 0.3) is 10.9 Å². The Hall–Kier alpha value is -3.68. The second-order valence-electron chi connectivity index (χ2n) is 8.95. The summed E-state index contributed by atoms with van der Waals surface area (Å²) in [4.78, 5) is 38.5. The van der Waals surface area contributed by atoms with Gasteiger partial charge in [0.05, 0.1) is 5.02 Å². The normalized spacial score (nSPS) is 15.1. The molecule has 1 fully saturated rings. The van der Waals surface area contributed by atoms with Crippen LogP contribution in [0, 0.1) is 0 Å². The van der Waals surface area contributed by atoms with Gasteiger partial charge in [-0.25, -0.2) is 0 Å². The Morgan fingerprint density at radius 1 is 1.00 bits per heavy atom. The van der Waals surface area contributed by atoms with Gasteiger partial charge in [-0.2, -0.15) is 0 Å². The average Bonchev–Trinajstić information content (AvgIpc) is 3.31. The zero-order chi connectivity index (χ0) is 24.9. The number of pyridine rings is 1. The van der Waals surface area contributed by atoms with Crippen LogP contribution in [0.2, 0.25) is 5.02 Å². The summed E-state index contributed by atoms with van der Waals surface area (Å²) in [7, 11) is 0. The van der Waals surface area contributed by atoms with Crippen molar-refractivity contribution in [1.82, 2.24) is 25.1 Å². The van der Waals surface area contributed by atoms with Gasteiger partial charge < -0.3 is 15.2 Å². The van der Waals surface area contributed by atoms with Crippen molar-refractivity contribution in [3.63, 3.8) is 0 Å². The van der Waals surface area contributed by atoms with E-state index in [-0.39, 0.29) is 11.8 Å². The van der Waals surface area contributed by atoms with Crippen LogP contribution < -0.4 is 5.32 Å². The lowest BCUT2D eigenvalue weighted by atomic mass is 10.0. The third kappa shape index (κ3) is 5.42. The third-order valence-corrected chi connectivity index (χ3v) is 6.96. The first kappa shape index (κ1) is 24.0. The highest BCUT2D eigenvalue weighted by Crippen LogP contribution is 2.24. The van der Waals surface area contributed by atoms with Crippen molar-refractivity contribution in [2.75, 3.05) is 32.7 Å². The van der Waals surface area contributed by atoms with Crippen LogP contribution in [0.3, 0.4) is 0 Å². The first-order valence-electron chi connectivity index (χ1n) is 12.1. The molecular formula is C28H28ClN5O2. The molecule has 7 nitrogen and oxygen atoms in total. The fraction of sp³-hybridized carbons (Fsp3) is 0.250. The average molecular weight is 502 g/mol. The molecule has 5 rings (SSSR count). The van der Waals surface area contributed by atoms with E-state index in [4.69, 9.17) is 11.6 Å². The lowest BCUT2D eigenvalue weighted by molar-refractivity contribution is -0.135. The largest absolute Gasteiger partial charge is 0.360 e. The van der Waals surface area contributed by atoms with Gasteiger partial charge in [-0.3, -0.25) is 19.5 Å². The number of fused-ring (bicyclic) bond motifs is 1. The summed E-state index contributed by atoms with van der Waals surface area (Å²) in [6, 6.07) is 19.9. The molecule has 2 amide bonds. The molecule has 1 saturated heterocycles. The Morgan fingerprint density at radius 3 is 2.53 bits per heavy atom. The van der Waals surface area contributed by atoms with E-state index in [1.165, 1.54) is 0 Å². The fourth-order valence-corrected chi connectivity index (χ4v) is 4.79. The number of benzene rings is 2. The number of amides is 2. The van der Waals surface area contributed by atoms with Crippen molar-refractivity contribution in [2.24, 2.45) is 0 Å². The summed E-state index contributed by atoms with van der Waals surface area (Å²) < 4.78 is 0. The molecule has 1 atom stereocenters. The number of hydrogen-bond acceptors (Lipinski definition) is 4. The predicted octanol–water partition coefficient (Wildman–Crippen LogP) is 4.07. The Balaban J connectivity index is 1.26. The van der Waals surface area contributed by atoms with Crippen LogP contribution in [0.1, 0.15) is 27.7 Å². The van der Waals surface area contributed by atoms with Crippen LogP contribution in [0.4, 0.5) is 0 Å². The van der Waals surface area contributed by atoms with Gasteiger partial charge in [0.15, 0.2) is 0 Å². The molecule has 2 aromatic carbocycles. The zero-order valence-corrected chi connectivity index (χ0v) is 20.6. The summed E-state index contributed by atoms with van der Waals surface area (Å²) >= 11 is 6.17. The van der Waals surface area contributed by atoms with Crippen molar-refractivity contribution >= 4 is 34.3 Å². The Bertz CT molecular complexity index is 1330. The molecule has 0 unspecified atom stereocenters. The van der Waals surface area contributed by atoms with E-state index in [1.807, 2.05) is 65.7 Å². The molecule has 0 bridgehead atoms. The number of carbonyl (C=O) groups is 2. The highest BCUT2D eigenvalue weighted by molar-refractivity contribution is 6.35. The molecule has 184 valence electrons. The van der Waals surface area contributed by atoms with E-state index in [1.54, 1.807) is 18.3 Å². The molecule has 2 N–H and O–H groups in total. The summed E-state index contributed by atoms with van der Waals surface area (Å²) in [5, 5.41) is 4.43. The first-order chi connectivity index (χ1) is 17.6. The van der Waals surface area contributed by atoms with Crippen molar-refractivity contribution in [1.29, 1.82) is 0 Å². The molecule has 1 aliphatic rings. The highest BCUT2D eigenvalue weighted by Gasteiger charge is 2.30. The van der Waals surface area contributed by atoms with E-state index >= 15 is 0 Å². The summed E-state index contributed by atoms with van der Waals surface area (Å²) in [5.41, 5.74) is 3.08. The molecule has 8 heteroatoms. The number of carbonyl (C=O) groups excluding carboxylic acids is 2. The van der Waals surface area contributed by atoms with Crippen LogP contribution in [0.15, 0.2) is 79.1 Å². The number of aromatic amines is 1. The van der Waals surface area contributed by atoms with E-state index in [9.17, 15) is 9.59 Å². The van der Waals surface area contributed by atoms with Gasteiger partial charge in [-0.1, -0.05) is 54.1 Å². The van der Waals surface area contributed by atoms with Crippen molar-refractivity contribution < 1.29 is 9.59 Å². The van der Waals surface area contributed by atoms with E-state index < -0.39 is 6.04 Å². The van der Waals surface area contributed by atoms with Crippen molar-refractivity contribution in [3.8, 4) is 0 Å². The number of halogens is 1. The van der Waals surface area contributed by atoms with Crippen LogP contribution >= 0.6 is 11.6 Å². The molecule has 2 aromatic heterocycles. The molecule has 0 aliphatic carbocycles.